The topological polar surface area (TPSA) is 330 Å². The summed E-state index contributed by atoms with van der Waals surface area (Å²) < 4.78 is 10.7. The highest BCUT2D eigenvalue weighted by Gasteiger charge is 2.33. The molecule has 1 aromatic carbocycles. The van der Waals surface area contributed by atoms with E-state index in [9.17, 15) is 33.9 Å². The summed E-state index contributed by atoms with van der Waals surface area (Å²) in [4.78, 5) is 117. The van der Waals surface area contributed by atoms with E-state index < -0.39 is 66.4 Å². The summed E-state index contributed by atoms with van der Waals surface area (Å²) in [5.41, 5.74) is 8.34. The molecule has 9 rings (SSSR count). The molecule has 4 atom stereocenters. The fraction of sp³-hybridized carbons (Fsp3) is 0.327. The largest absolute Gasteiger partial charge is 0.449 e. The number of hydrogen-bond acceptors (Lipinski definition) is 23. The number of nitrogens with one attached hydrogen (secondary N) is 6. The molecule has 81 heavy (non-hydrogen) atoms. The van der Waals surface area contributed by atoms with Gasteiger partial charge in [0.2, 0.25) is 11.8 Å². The predicted octanol–water partition coefficient (Wildman–Crippen LogP) is 7.60. The number of fused-ring (bicyclic) bond motifs is 14. The first-order valence-electron chi connectivity index (χ1n) is 25.2. The van der Waals surface area contributed by atoms with Gasteiger partial charge in [0.15, 0.2) is 0 Å². The second kappa shape index (κ2) is 26.5. The Hall–Kier alpha value is -7.35. The number of benzene rings is 1. The fourth-order valence-corrected chi connectivity index (χ4v) is 13.7. The maximum absolute atomic E-state index is 14.3. The van der Waals surface area contributed by atoms with E-state index in [1.165, 1.54) is 70.8 Å². The maximum Gasteiger partial charge on any atom is 0.412 e. The first kappa shape index (κ1) is 58.3. The molecule has 9 N–H and O–H groups in total. The summed E-state index contributed by atoms with van der Waals surface area (Å²) >= 11 is 7.20. The number of aromatic nitrogens is 7. The third-order valence-corrected chi connectivity index (χ3v) is 18.0. The number of pyridine rings is 1. The Morgan fingerprint density at radius 2 is 1.46 bits per heavy atom. The Bertz CT molecular complexity index is 3570. The number of hydrogen-bond donors (Lipinski definition) is 8. The average Bonchev–Trinajstić information content (AvgIpc) is 4.36. The molecule has 6 amide bonds. The molecule has 8 aromatic rings. The summed E-state index contributed by atoms with van der Waals surface area (Å²) in [5, 5.41) is 37.8. The number of aryl methyl sites for hydroxylation is 1. The molecule has 7 aromatic heterocycles. The smallest absolute Gasteiger partial charge is 0.412 e. The van der Waals surface area contributed by atoms with E-state index in [0.717, 1.165) is 11.3 Å². The number of aliphatic hydroxyl groups excluding tert-OH is 1. The molecule has 0 fully saturated rings. The van der Waals surface area contributed by atoms with Crippen molar-refractivity contribution < 1.29 is 43.3 Å². The minimum Gasteiger partial charge on any atom is -0.449 e. The van der Waals surface area contributed by atoms with Gasteiger partial charge in [0.25, 0.3) is 17.7 Å². The maximum atomic E-state index is 14.3. The molecule has 0 saturated carbocycles. The number of ether oxygens (including phenoxy) is 2. The van der Waals surface area contributed by atoms with Gasteiger partial charge in [-0.25, -0.2) is 39.7 Å². The normalized spacial score (nSPS) is 16.4. The van der Waals surface area contributed by atoms with Crippen LogP contribution >= 0.6 is 68.0 Å². The molecule has 0 radical (unpaired) electrons. The molecular weight excluding hydrogens is 1160 g/mol. The molecular formula is C52H54N14O9S6. The Balaban J connectivity index is 1.11. The van der Waals surface area contributed by atoms with Crippen LogP contribution in [0.25, 0.3) is 43.4 Å². The molecule has 0 aliphatic carbocycles. The van der Waals surface area contributed by atoms with Gasteiger partial charge in [-0.15, -0.1) is 68.0 Å². The number of aliphatic hydroxyl groups is 1. The zero-order valence-corrected chi connectivity index (χ0v) is 49.0. The van der Waals surface area contributed by atoms with E-state index in [1.54, 1.807) is 70.9 Å². The summed E-state index contributed by atoms with van der Waals surface area (Å²) in [5.74, 6) is -2.84. The monoisotopic (exact) mass is 1210 g/mol. The van der Waals surface area contributed by atoms with Crippen LogP contribution in [0, 0.1) is 12.8 Å². The van der Waals surface area contributed by atoms with Crippen molar-refractivity contribution in [1.82, 2.24) is 61.5 Å². The van der Waals surface area contributed by atoms with Crippen LogP contribution in [0.2, 0.25) is 0 Å². The fourth-order valence-electron chi connectivity index (χ4n) is 8.19. The summed E-state index contributed by atoms with van der Waals surface area (Å²) in [7, 11) is 2.95. The zero-order valence-electron chi connectivity index (χ0n) is 44.1. The number of nitrogens with zero attached hydrogens (tertiary/aromatic N) is 7. The van der Waals surface area contributed by atoms with Gasteiger partial charge < -0.3 is 46.9 Å². The minimum atomic E-state index is -1.27. The standard InChI is InChI=1S/C52H54N14O9S6/c1-24(2)37-51-66-40(33(81-51)19-74-5)44(71)55-18-36(68)63-41(42(69)26-11-7-6-8-12-26)50-60-32(22-78-50)48-58-30(20-77-48)39-27(13-14-28(56-39)47-61-34(23-79-47)62-52(73)75-16-10-9-15-53)46-59-31(21-76-46)43(70)57-29(17-35(67)54-4)49-65-38(25(3)80-49)45(72)64-37/h6-8,11-14,20-24,29,37,41-42,69H,9-10,15-19,53H2,1-5H3,(H,54,67)(H,55,71)(H,57,70)(H,62,73)(H,63,68)(H,64,72)/t29-,37-,41-,42-/m0/s1. The van der Waals surface area contributed by atoms with Crippen molar-refractivity contribution in [2.75, 3.05) is 39.2 Å². The lowest BCUT2D eigenvalue weighted by Crippen LogP contribution is -2.40. The molecule has 1 aliphatic heterocycles. The Morgan fingerprint density at radius 3 is 2.22 bits per heavy atom. The predicted molar refractivity (Wildman–Crippen MR) is 310 cm³/mol. The number of carbonyl (C=O) groups excluding carboxylic acids is 6. The molecule has 10 bridgehead atoms. The van der Waals surface area contributed by atoms with Crippen molar-refractivity contribution >= 4 is 109 Å². The van der Waals surface area contributed by atoms with Crippen molar-refractivity contribution in [3.63, 3.8) is 0 Å². The summed E-state index contributed by atoms with van der Waals surface area (Å²) in [6.07, 6.45) is -0.812. The number of methoxy groups -OCH3 is 1. The van der Waals surface area contributed by atoms with Crippen molar-refractivity contribution in [2.24, 2.45) is 11.7 Å². The van der Waals surface area contributed by atoms with Crippen LogP contribution in [0.5, 0.6) is 0 Å². The molecule has 1 aliphatic rings. The van der Waals surface area contributed by atoms with Crippen molar-refractivity contribution in [1.29, 1.82) is 0 Å². The van der Waals surface area contributed by atoms with Crippen LogP contribution in [0.15, 0.2) is 64.0 Å². The molecule has 0 saturated heterocycles. The van der Waals surface area contributed by atoms with E-state index in [0.29, 0.717) is 93.1 Å². The van der Waals surface area contributed by atoms with Crippen LogP contribution in [0.1, 0.15) is 119 Å². The Morgan fingerprint density at radius 1 is 0.728 bits per heavy atom. The first-order valence-corrected chi connectivity index (χ1v) is 30.3. The quantitative estimate of drug-likeness (QED) is 0.0515. The molecule has 0 spiro atoms. The van der Waals surface area contributed by atoms with Crippen molar-refractivity contribution in [3.8, 4) is 43.4 Å². The summed E-state index contributed by atoms with van der Waals surface area (Å²) in [6, 6.07) is 9.54. The second-order valence-corrected chi connectivity index (χ2v) is 24.2. The SMILES string of the molecule is CNC(=O)C[C@@H]1NC(=O)c2csc(n2)-c2ccc(-c3nc(NC(=O)OCCCCN)cs3)nc2-c2csc(n2)-c2csc(n2)[C@H]([C@@H](O)c2ccccc2)NC(=O)CNC(=O)c2nc(sc2COC)[C@H](C(C)C)NC(=O)c2nc1sc2C. The number of thiazole rings is 6. The lowest BCUT2D eigenvalue weighted by atomic mass is 10.0. The highest BCUT2D eigenvalue weighted by Crippen LogP contribution is 2.40. The lowest BCUT2D eigenvalue weighted by molar-refractivity contribution is -0.122. The highest BCUT2D eigenvalue weighted by molar-refractivity contribution is 7.15. The van der Waals surface area contributed by atoms with Crippen LogP contribution in [-0.2, 0) is 25.7 Å². The first-order chi connectivity index (χ1) is 39.1. The van der Waals surface area contributed by atoms with Crippen LogP contribution in [0.4, 0.5) is 10.6 Å². The number of carbonyl (C=O) groups is 6. The van der Waals surface area contributed by atoms with E-state index in [4.69, 9.17) is 35.1 Å². The number of nitrogens with two attached hydrogens (primary N) is 1. The molecule has 29 heteroatoms. The van der Waals surface area contributed by atoms with E-state index >= 15 is 0 Å². The van der Waals surface area contributed by atoms with Gasteiger partial charge in [-0.1, -0.05) is 44.2 Å². The zero-order chi connectivity index (χ0) is 57.3. The van der Waals surface area contributed by atoms with Crippen molar-refractivity contribution in [3.05, 3.63) is 111 Å². The summed E-state index contributed by atoms with van der Waals surface area (Å²) in [6.45, 7) is 5.66. The van der Waals surface area contributed by atoms with Gasteiger partial charge in [-0.2, -0.15) is 0 Å². The van der Waals surface area contributed by atoms with Gasteiger partial charge in [0.1, 0.15) is 82.2 Å². The number of rotatable bonds is 13. The minimum absolute atomic E-state index is 0.00152. The molecule has 422 valence electrons. The van der Waals surface area contributed by atoms with Gasteiger partial charge in [0, 0.05) is 46.1 Å². The van der Waals surface area contributed by atoms with E-state index in [-0.39, 0.29) is 48.5 Å². The third-order valence-electron chi connectivity index (χ3n) is 12.3. The third kappa shape index (κ3) is 13.9. The van der Waals surface area contributed by atoms with Crippen LogP contribution in [0.3, 0.4) is 0 Å². The molecule has 0 unspecified atom stereocenters. The van der Waals surface area contributed by atoms with Crippen LogP contribution in [-0.4, -0.2) is 109 Å². The Labute approximate surface area is 487 Å². The lowest BCUT2D eigenvalue weighted by Gasteiger charge is -2.23. The van der Waals surface area contributed by atoms with E-state index in [1.807, 2.05) is 13.8 Å². The van der Waals surface area contributed by atoms with Gasteiger partial charge in [-0.3, -0.25) is 29.3 Å². The Kier molecular flexibility index (Phi) is 19.1. The highest BCUT2D eigenvalue weighted by atomic mass is 32.1. The second-order valence-electron chi connectivity index (χ2n) is 18.4. The van der Waals surface area contributed by atoms with Gasteiger partial charge >= 0.3 is 6.09 Å². The number of anilines is 1. The number of unbranched alkanes of at least 4 members (excludes halogenated alkanes) is 1. The van der Waals surface area contributed by atoms with Gasteiger partial charge in [0.05, 0.1) is 48.8 Å². The average molecular weight is 1210 g/mol. The number of amides is 6. The molecule has 8 heterocycles. The molecule has 23 nitrogen and oxygen atoms in total. The van der Waals surface area contributed by atoms with Crippen LogP contribution < -0.4 is 37.6 Å². The van der Waals surface area contributed by atoms with E-state index in [2.05, 4.69) is 46.9 Å². The van der Waals surface area contributed by atoms with Crippen molar-refractivity contribution in [2.45, 2.75) is 70.9 Å². The van der Waals surface area contributed by atoms with Gasteiger partial charge in [-0.05, 0) is 49.9 Å².